The molecule has 2 aliphatic rings. The zero-order valence-corrected chi connectivity index (χ0v) is 25.3. The van der Waals surface area contributed by atoms with Crippen molar-refractivity contribution >= 4 is 30.8 Å². The van der Waals surface area contributed by atoms with E-state index in [1.807, 2.05) is 0 Å². The number of likely N-dealkylation sites (tertiary alicyclic amines) is 1. The number of halogens is 8. The van der Waals surface area contributed by atoms with Crippen LogP contribution in [0.1, 0.15) is 22.3 Å². The van der Waals surface area contributed by atoms with Gasteiger partial charge in [-0.05, 0) is 71.5 Å². The van der Waals surface area contributed by atoms with E-state index in [-0.39, 0.29) is 37.0 Å². The summed E-state index contributed by atoms with van der Waals surface area (Å²) in [4.78, 5) is 13.9. The number of carboxylic acids is 1. The molecule has 3 aromatic rings. The molecule has 1 aliphatic heterocycles. The van der Waals surface area contributed by atoms with E-state index in [2.05, 4.69) is 10.2 Å². The lowest BCUT2D eigenvalue weighted by atomic mass is 10.1. The number of hydrogen-bond acceptors (Lipinski definition) is 5. The lowest BCUT2D eigenvalue weighted by Gasteiger charge is -2.20. The SMILES string of the molecule is Cl.Cl.O=C(O)[C@H](Cc1ccc(OCCNC2C3CN(Cc4ccc(C(F)(F)F)cc4)C[C@@H]32)cc1)Oc1ccc(C(F)(F)F)cc1. The Morgan fingerprint density at radius 1 is 0.800 bits per heavy atom. The highest BCUT2D eigenvalue weighted by Gasteiger charge is 2.55. The summed E-state index contributed by atoms with van der Waals surface area (Å²) < 4.78 is 87.7. The summed E-state index contributed by atoms with van der Waals surface area (Å²) in [6, 6.07) is 16.4. The Morgan fingerprint density at radius 3 is 1.80 bits per heavy atom. The highest BCUT2D eigenvalue weighted by atomic mass is 35.5. The van der Waals surface area contributed by atoms with Gasteiger partial charge in [-0.15, -0.1) is 24.8 Å². The average Bonchev–Trinajstić information content (AvgIpc) is 3.40. The average molecular weight is 682 g/mol. The van der Waals surface area contributed by atoms with Crippen molar-refractivity contribution in [1.82, 2.24) is 10.2 Å². The van der Waals surface area contributed by atoms with E-state index < -0.39 is 35.6 Å². The van der Waals surface area contributed by atoms with Gasteiger partial charge in [-0.3, -0.25) is 4.90 Å². The van der Waals surface area contributed by atoms with Gasteiger partial charge in [-0.1, -0.05) is 24.3 Å². The van der Waals surface area contributed by atoms with E-state index in [4.69, 9.17) is 9.47 Å². The Labute approximate surface area is 268 Å². The first-order chi connectivity index (χ1) is 20.4. The molecule has 2 fully saturated rings. The van der Waals surface area contributed by atoms with Crippen molar-refractivity contribution in [2.45, 2.75) is 37.5 Å². The summed E-state index contributed by atoms with van der Waals surface area (Å²) in [7, 11) is 0. The number of ether oxygens (including phenoxy) is 2. The molecule has 0 amide bonds. The van der Waals surface area contributed by atoms with E-state index in [0.717, 1.165) is 55.1 Å². The number of carbonyl (C=O) groups is 1. The first-order valence-electron chi connectivity index (χ1n) is 13.8. The number of piperidine rings is 1. The van der Waals surface area contributed by atoms with Crippen molar-refractivity contribution in [1.29, 1.82) is 0 Å². The van der Waals surface area contributed by atoms with Gasteiger partial charge in [0.2, 0.25) is 0 Å². The van der Waals surface area contributed by atoms with Crippen LogP contribution in [0.2, 0.25) is 0 Å². The molecule has 1 saturated heterocycles. The van der Waals surface area contributed by atoms with Crippen LogP contribution in [-0.4, -0.2) is 54.4 Å². The molecular weight excluding hydrogens is 649 g/mol. The Morgan fingerprint density at radius 2 is 1.29 bits per heavy atom. The third-order valence-electron chi connectivity index (χ3n) is 7.79. The second kappa shape index (κ2) is 14.9. The number of carboxylic acid groups (broad SMARTS) is 1. The summed E-state index contributed by atoms with van der Waals surface area (Å²) in [6.45, 7) is 3.49. The Hall–Kier alpha value is -3.19. The predicted molar refractivity (Wildman–Crippen MR) is 159 cm³/mol. The molecule has 6 nitrogen and oxygen atoms in total. The molecule has 5 rings (SSSR count). The minimum absolute atomic E-state index is 0. The van der Waals surface area contributed by atoms with E-state index in [9.17, 15) is 36.2 Å². The van der Waals surface area contributed by atoms with E-state index >= 15 is 0 Å². The van der Waals surface area contributed by atoms with Crippen LogP contribution in [0.5, 0.6) is 11.5 Å². The maximum atomic E-state index is 12.8. The van der Waals surface area contributed by atoms with Crippen LogP contribution < -0.4 is 14.8 Å². The number of alkyl halides is 6. The Kier molecular flexibility index (Phi) is 12.0. The second-order valence-corrected chi connectivity index (χ2v) is 10.9. The molecule has 0 radical (unpaired) electrons. The molecular formula is C31H32Cl2F6N2O4. The van der Waals surface area contributed by atoms with Crippen molar-refractivity contribution in [3.05, 3.63) is 95.1 Å². The van der Waals surface area contributed by atoms with Crippen molar-refractivity contribution in [2.75, 3.05) is 26.2 Å². The van der Waals surface area contributed by atoms with Gasteiger partial charge in [-0.2, -0.15) is 26.3 Å². The predicted octanol–water partition coefficient (Wildman–Crippen LogP) is 6.74. The number of benzene rings is 3. The number of nitrogens with one attached hydrogen (secondary N) is 1. The zero-order valence-electron chi connectivity index (χ0n) is 23.7. The zero-order chi connectivity index (χ0) is 30.8. The number of hydrogen-bond donors (Lipinski definition) is 2. The Bertz CT molecular complexity index is 1380. The molecule has 0 spiro atoms. The van der Waals surface area contributed by atoms with Crippen molar-refractivity contribution in [3.8, 4) is 11.5 Å². The third kappa shape index (κ3) is 9.65. The minimum atomic E-state index is -4.49. The fraction of sp³-hybridized carbons (Fsp3) is 0.387. The molecule has 45 heavy (non-hydrogen) atoms. The molecule has 1 aliphatic carbocycles. The number of fused-ring (bicyclic) bond motifs is 1. The van der Waals surface area contributed by atoms with Gasteiger partial charge in [-0.25, -0.2) is 4.79 Å². The molecule has 2 unspecified atom stereocenters. The molecule has 2 N–H and O–H groups in total. The van der Waals surface area contributed by atoms with Crippen LogP contribution in [-0.2, 0) is 30.1 Å². The van der Waals surface area contributed by atoms with Crippen LogP contribution in [0.25, 0.3) is 0 Å². The molecule has 14 heteroatoms. The standard InChI is InChI=1S/C31H30F6N2O4.2ClH/c32-30(33,34)21-5-1-20(2-6-21)16-39-17-25-26(18-39)28(25)38-13-14-42-23-9-3-19(4-10-23)15-27(29(40)41)43-24-11-7-22(8-12-24)31(35,36)37;;/h1-12,25-28,38H,13-18H2,(H,40,41);2*1H/t25-,26?,27-,28?;;/m0../s1. The lowest BCUT2D eigenvalue weighted by Crippen LogP contribution is -2.33. The van der Waals surface area contributed by atoms with E-state index in [0.29, 0.717) is 48.9 Å². The van der Waals surface area contributed by atoms with Crippen LogP contribution in [0.3, 0.4) is 0 Å². The quantitative estimate of drug-likeness (QED) is 0.163. The van der Waals surface area contributed by atoms with Crippen molar-refractivity contribution < 1.29 is 45.7 Å². The summed E-state index contributed by atoms with van der Waals surface area (Å²) in [5.41, 5.74) is 0.0398. The van der Waals surface area contributed by atoms with Crippen molar-refractivity contribution in [3.63, 3.8) is 0 Å². The Balaban J connectivity index is 0.00000276. The summed E-state index contributed by atoms with van der Waals surface area (Å²) >= 11 is 0. The largest absolute Gasteiger partial charge is 0.492 e. The number of rotatable bonds is 12. The molecule has 4 atom stereocenters. The second-order valence-electron chi connectivity index (χ2n) is 10.9. The lowest BCUT2D eigenvalue weighted by molar-refractivity contribution is -0.145. The molecule has 0 bridgehead atoms. The first-order valence-corrected chi connectivity index (χ1v) is 13.8. The fourth-order valence-electron chi connectivity index (χ4n) is 5.50. The third-order valence-corrected chi connectivity index (χ3v) is 7.79. The van der Waals surface area contributed by atoms with Gasteiger partial charge in [0.25, 0.3) is 0 Å². The fourth-order valence-corrected chi connectivity index (χ4v) is 5.50. The van der Waals surface area contributed by atoms with Crippen molar-refractivity contribution in [2.24, 2.45) is 11.8 Å². The number of nitrogens with zero attached hydrogens (tertiary/aromatic N) is 1. The van der Waals surface area contributed by atoms with Crippen LogP contribution in [0.4, 0.5) is 26.3 Å². The molecule has 3 aromatic carbocycles. The van der Waals surface area contributed by atoms with Gasteiger partial charge in [0.15, 0.2) is 6.10 Å². The smallest absolute Gasteiger partial charge is 0.416 e. The van der Waals surface area contributed by atoms with Crippen LogP contribution in [0.15, 0.2) is 72.8 Å². The highest BCUT2D eigenvalue weighted by molar-refractivity contribution is 5.85. The van der Waals surface area contributed by atoms with Gasteiger partial charge < -0.3 is 19.9 Å². The number of aliphatic carboxylic acids is 1. The van der Waals surface area contributed by atoms with Gasteiger partial charge in [0.05, 0.1) is 11.1 Å². The maximum absolute atomic E-state index is 12.8. The van der Waals surface area contributed by atoms with Crippen LogP contribution >= 0.6 is 24.8 Å². The minimum Gasteiger partial charge on any atom is -0.492 e. The molecule has 1 heterocycles. The maximum Gasteiger partial charge on any atom is 0.416 e. The van der Waals surface area contributed by atoms with Crippen LogP contribution in [0, 0.1) is 11.8 Å². The van der Waals surface area contributed by atoms with E-state index in [1.165, 1.54) is 12.1 Å². The van der Waals surface area contributed by atoms with Gasteiger partial charge >= 0.3 is 18.3 Å². The molecule has 1 saturated carbocycles. The summed E-state index contributed by atoms with van der Waals surface area (Å²) in [6.07, 6.45) is -10.1. The summed E-state index contributed by atoms with van der Waals surface area (Å²) in [5.74, 6) is 0.430. The summed E-state index contributed by atoms with van der Waals surface area (Å²) in [5, 5.41) is 13.0. The van der Waals surface area contributed by atoms with E-state index in [1.54, 1.807) is 24.3 Å². The molecule has 0 aromatic heterocycles. The normalized spacial score (nSPS) is 19.9. The van der Waals surface area contributed by atoms with Gasteiger partial charge in [0.1, 0.15) is 18.1 Å². The topological polar surface area (TPSA) is 71.0 Å². The highest BCUT2D eigenvalue weighted by Crippen LogP contribution is 2.45. The molecule has 246 valence electrons. The van der Waals surface area contributed by atoms with Gasteiger partial charge in [0, 0.05) is 38.6 Å². The monoisotopic (exact) mass is 680 g/mol. The first kappa shape index (κ1) is 36.3.